The number of rotatable bonds is 4. The number of benzene rings is 2. The molecule has 0 saturated heterocycles. The second-order valence-corrected chi connectivity index (χ2v) is 6.28. The Kier molecular flexibility index (Phi) is 5.36. The molecule has 0 fully saturated rings. The SMILES string of the molecule is C[C@@H]1Oc2ccccc2O[C@@H]1C(=O)Nc1cc(Cl)ccc1OCC(F)(F)F. The van der Waals surface area contributed by atoms with Crippen molar-refractivity contribution >= 4 is 23.2 Å². The van der Waals surface area contributed by atoms with E-state index in [1.165, 1.54) is 18.2 Å². The summed E-state index contributed by atoms with van der Waals surface area (Å²) in [7, 11) is 0. The number of carbonyl (C=O) groups excluding carboxylic acids is 1. The summed E-state index contributed by atoms with van der Waals surface area (Å²) in [5.41, 5.74) is 0.00593. The molecule has 0 spiro atoms. The van der Waals surface area contributed by atoms with Crippen LogP contribution in [0.4, 0.5) is 18.9 Å². The first kappa shape index (κ1) is 19.2. The lowest BCUT2D eigenvalue weighted by atomic mass is 10.1. The molecule has 2 atom stereocenters. The van der Waals surface area contributed by atoms with Crippen LogP contribution in [0.15, 0.2) is 42.5 Å². The maximum atomic E-state index is 12.6. The van der Waals surface area contributed by atoms with Crippen molar-refractivity contribution in [2.24, 2.45) is 0 Å². The molecule has 2 aromatic carbocycles. The van der Waals surface area contributed by atoms with Crippen LogP contribution in [-0.2, 0) is 4.79 Å². The van der Waals surface area contributed by atoms with Gasteiger partial charge in [-0.15, -0.1) is 0 Å². The van der Waals surface area contributed by atoms with E-state index in [2.05, 4.69) is 5.32 Å². The van der Waals surface area contributed by atoms with Crippen LogP contribution < -0.4 is 19.5 Å². The van der Waals surface area contributed by atoms with Gasteiger partial charge < -0.3 is 19.5 Å². The summed E-state index contributed by atoms with van der Waals surface area (Å²) >= 11 is 5.89. The lowest BCUT2D eigenvalue weighted by Crippen LogP contribution is -2.46. The Morgan fingerprint density at radius 3 is 2.52 bits per heavy atom. The number of halogens is 4. The number of para-hydroxylation sites is 2. The summed E-state index contributed by atoms with van der Waals surface area (Å²) in [6.45, 7) is 0.156. The highest BCUT2D eigenvalue weighted by atomic mass is 35.5. The molecule has 1 heterocycles. The standard InChI is InChI=1S/C18H15ClF3NO4/c1-10-16(27-15-5-3-2-4-14(15)26-10)17(24)23-12-8-11(19)6-7-13(12)25-9-18(20,21)22/h2-8,10,16H,9H2,1H3,(H,23,24)/t10-,16-/m0/s1. The van der Waals surface area contributed by atoms with Crippen LogP contribution in [0.1, 0.15) is 6.92 Å². The van der Waals surface area contributed by atoms with Gasteiger partial charge in [0.25, 0.3) is 5.91 Å². The molecule has 0 radical (unpaired) electrons. The number of hydrogen-bond acceptors (Lipinski definition) is 4. The van der Waals surface area contributed by atoms with Crippen LogP contribution in [-0.4, -0.2) is 30.9 Å². The van der Waals surface area contributed by atoms with Gasteiger partial charge in [-0.05, 0) is 37.3 Å². The molecule has 0 bridgehead atoms. The smallest absolute Gasteiger partial charge is 0.422 e. The average Bonchev–Trinajstić information content (AvgIpc) is 2.59. The molecule has 0 saturated carbocycles. The molecule has 0 aliphatic carbocycles. The van der Waals surface area contributed by atoms with Gasteiger partial charge in [-0.25, -0.2) is 0 Å². The van der Waals surface area contributed by atoms with Crippen molar-refractivity contribution in [1.82, 2.24) is 0 Å². The number of carbonyl (C=O) groups is 1. The zero-order valence-corrected chi connectivity index (χ0v) is 14.8. The molecular weight excluding hydrogens is 387 g/mol. The highest BCUT2D eigenvalue weighted by Gasteiger charge is 2.35. The fourth-order valence-electron chi connectivity index (χ4n) is 2.50. The van der Waals surface area contributed by atoms with Gasteiger partial charge in [0.05, 0.1) is 5.69 Å². The third-order valence-corrected chi connectivity index (χ3v) is 3.93. The van der Waals surface area contributed by atoms with Gasteiger partial charge in [-0.2, -0.15) is 13.2 Å². The predicted molar refractivity (Wildman–Crippen MR) is 92.6 cm³/mol. The lowest BCUT2D eigenvalue weighted by Gasteiger charge is -2.31. The van der Waals surface area contributed by atoms with Crippen LogP contribution in [0, 0.1) is 0 Å². The van der Waals surface area contributed by atoms with E-state index in [0.717, 1.165) is 0 Å². The summed E-state index contributed by atoms with van der Waals surface area (Å²) in [6.07, 6.45) is -6.13. The third-order valence-electron chi connectivity index (χ3n) is 3.69. The summed E-state index contributed by atoms with van der Waals surface area (Å²) in [4.78, 5) is 12.6. The van der Waals surface area contributed by atoms with E-state index in [0.29, 0.717) is 11.5 Å². The van der Waals surface area contributed by atoms with Gasteiger partial charge in [-0.3, -0.25) is 4.79 Å². The molecule has 0 unspecified atom stereocenters. The van der Waals surface area contributed by atoms with Crippen molar-refractivity contribution in [2.75, 3.05) is 11.9 Å². The van der Waals surface area contributed by atoms with Crippen molar-refractivity contribution < 1.29 is 32.2 Å². The van der Waals surface area contributed by atoms with Crippen molar-refractivity contribution in [3.8, 4) is 17.2 Å². The quantitative estimate of drug-likeness (QED) is 0.822. The van der Waals surface area contributed by atoms with Crippen LogP contribution in [0.2, 0.25) is 5.02 Å². The number of ether oxygens (including phenoxy) is 3. The van der Waals surface area contributed by atoms with Gasteiger partial charge in [0.15, 0.2) is 18.1 Å². The summed E-state index contributed by atoms with van der Waals surface area (Å²) < 4.78 is 53.4. The molecule has 1 aliphatic heterocycles. The minimum absolute atomic E-state index is 0.00593. The van der Waals surface area contributed by atoms with Crippen LogP contribution in [0.25, 0.3) is 0 Å². The Morgan fingerprint density at radius 1 is 1.19 bits per heavy atom. The van der Waals surface area contributed by atoms with Crippen molar-refractivity contribution in [3.05, 3.63) is 47.5 Å². The molecule has 1 N–H and O–H groups in total. The van der Waals surface area contributed by atoms with Gasteiger partial charge >= 0.3 is 6.18 Å². The summed E-state index contributed by atoms with van der Waals surface area (Å²) in [6, 6.07) is 10.8. The monoisotopic (exact) mass is 401 g/mol. The van der Waals surface area contributed by atoms with E-state index in [9.17, 15) is 18.0 Å². The van der Waals surface area contributed by atoms with Gasteiger partial charge in [0, 0.05) is 5.02 Å². The third kappa shape index (κ3) is 4.77. The fourth-order valence-corrected chi connectivity index (χ4v) is 2.67. The number of alkyl halides is 3. The average molecular weight is 402 g/mol. The highest BCUT2D eigenvalue weighted by Crippen LogP contribution is 2.35. The van der Waals surface area contributed by atoms with E-state index in [-0.39, 0.29) is 16.5 Å². The molecule has 1 aliphatic rings. The van der Waals surface area contributed by atoms with E-state index in [1.54, 1.807) is 31.2 Å². The second kappa shape index (κ2) is 7.56. The maximum absolute atomic E-state index is 12.6. The van der Waals surface area contributed by atoms with Gasteiger partial charge in [0.1, 0.15) is 11.9 Å². The Hall–Kier alpha value is -2.61. The maximum Gasteiger partial charge on any atom is 0.422 e. The topological polar surface area (TPSA) is 56.8 Å². The molecule has 144 valence electrons. The van der Waals surface area contributed by atoms with E-state index in [4.69, 9.17) is 25.8 Å². The number of hydrogen-bond donors (Lipinski definition) is 1. The zero-order chi connectivity index (χ0) is 19.6. The second-order valence-electron chi connectivity index (χ2n) is 5.84. The van der Waals surface area contributed by atoms with Crippen LogP contribution in [0.5, 0.6) is 17.2 Å². The minimum Gasteiger partial charge on any atom is -0.482 e. The molecular formula is C18H15ClF3NO4. The van der Waals surface area contributed by atoms with Gasteiger partial charge in [0.2, 0.25) is 6.10 Å². The van der Waals surface area contributed by atoms with Crippen molar-refractivity contribution in [1.29, 1.82) is 0 Å². The Labute approximate surface area is 158 Å². The first-order chi connectivity index (χ1) is 12.7. The molecule has 1 amide bonds. The molecule has 0 aromatic heterocycles. The predicted octanol–water partition coefficient (Wildman–Crippen LogP) is 4.45. The molecule has 2 aromatic rings. The fraction of sp³-hybridized carbons (Fsp3) is 0.278. The molecule has 27 heavy (non-hydrogen) atoms. The Balaban J connectivity index is 1.77. The van der Waals surface area contributed by atoms with E-state index >= 15 is 0 Å². The Morgan fingerprint density at radius 2 is 1.85 bits per heavy atom. The van der Waals surface area contributed by atoms with Crippen LogP contribution in [0.3, 0.4) is 0 Å². The van der Waals surface area contributed by atoms with E-state index < -0.39 is 30.9 Å². The van der Waals surface area contributed by atoms with Crippen LogP contribution >= 0.6 is 11.6 Å². The molecule has 3 rings (SSSR count). The van der Waals surface area contributed by atoms with Crippen molar-refractivity contribution in [2.45, 2.75) is 25.3 Å². The molecule has 9 heteroatoms. The van der Waals surface area contributed by atoms with Gasteiger partial charge in [-0.1, -0.05) is 23.7 Å². The molecule has 5 nitrogen and oxygen atoms in total. The lowest BCUT2D eigenvalue weighted by molar-refractivity contribution is -0.153. The minimum atomic E-state index is -4.51. The summed E-state index contributed by atoms with van der Waals surface area (Å²) in [5, 5.41) is 2.72. The largest absolute Gasteiger partial charge is 0.482 e. The first-order valence-electron chi connectivity index (χ1n) is 7.95. The van der Waals surface area contributed by atoms with Crippen molar-refractivity contribution in [3.63, 3.8) is 0 Å². The number of fused-ring (bicyclic) bond motifs is 1. The Bertz CT molecular complexity index is 844. The number of anilines is 1. The number of nitrogens with one attached hydrogen (secondary N) is 1. The normalized spacial score (nSPS) is 18.7. The number of amides is 1. The highest BCUT2D eigenvalue weighted by molar-refractivity contribution is 6.31. The van der Waals surface area contributed by atoms with E-state index in [1.807, 2.05) is 0 Å². The summed E-state index contributed by atoms with van der Waals surface area (Å²) in [5.74, 6) is 0.146. The zero-order valence-electron chi connectivity index (χ0n) is 14.0. The first-order valence-corrected chi connectivity index (χ1v) is 8.33.